The average Bonchev–Trinajstić information content (AvgIpc) is 2.57. The van der Waals surface area contributed by atoms with Gasteiger partial charge in [0.05, 0.1) is 10.4 Å². The van der Waals surface area contributed by atoms with Crippen molar-refractivity contribution in [3.05, 3.63) is 21.4 Å². The predicted octanol–water partition coefficient (Wildman–Crippen LogP) is 0.194. The number of thiophene rings is 1. The zero-order valence-corrected chi connectivity index (χ0v) is 9.39. The summed E-state index contributed by atoms with van der Waals surface area (Å²) in [5, 5.41) is 8.81. The largest absolute Gasteiger partial charge is 0.461 e. The first-order valence-electron chi connectivity index (χ1n) is 4.31. The first kappa shape index (κ1) is 12.2. The Morgan fingerprint density at radius 3 is 2.56 bits per heavy atom. The standard InChI is InChI=1S/C9H11N3O3S/c1-4(13)15-2-5-6(9(12)14)3-16-7(5)8(10)11/h3H,2H2,1H3,(H3,10,11)(H2,12,14). The topological polar surface area (TPSA) is 119 Å². The summed E-state index contributed by atoms with van der Waals surface area (Å²) in [7, 11) is 0. The molecule has 1 rings (SSSR count). The second-order valence-electron chi connectivity index (χ2n) is 3.02. The Hall–Kier alpha value is -1.89. The quantitative estimate of drug-likeness (QED) is 0.396. The summed E-state index contributed by atoms with van der Waals surface area (Å²) in [5.74, 6) is -1.29. The molecule has 0 radical (unpaired) electrons. The van der Waals surface area contributed by atoms with Crippen LogP contribution in [0.4, 0.5) is 0 Å². The Labute approximate surface area is 95.7 Å². The van der Waals surface area contributed by atoms with E-state index in [1.165, 1.54) is 12.3 Å². The maximum absolute atomic E-state index is 11.1. The first-order valence-corrected chi connectivity index (χ1v) is 5.19. The number of hydrogen-bond donors (Lipinski definition) is 3. The summed E-state index contributed by atoms with van der Waals surface area (Å²) in [6, 6.07) is 0. The van der Waals surface area contributed by atoms with E-state index in [0.29, 0.717) is 10.4 Å². The third kappa shape index (κ3) is 2.57. The van der Waals surface area contributed by atoms with Crippen molar-refractivity contribution in [2.45, 2.75) is 13.5 Å². The Balaban J connectivity index is 3.08. The summed E-state index contributed by atoms with van der Waals surface area (Å²) in [5.41, 5.74) is 11.1. The van der Waals surface area contributed by atoms with Crippen molar-refractivity contribution in [3.8, 4) is 0 Å². The molecule has 0 fully saturated rings. The number of ether oxygens (including phenoxy) is 1. The molecule has 1 amide bonds. The molecule has 86 valence electrons. The lowest BCUT2D eigenvalue weighted by Gasteiger charge is -2.05. The highest BCUT2D eigenvalue weighted by Gasteiger charge is 2.18. The van der Waals surface area contributed by atoms with Crippen LogP contribution in [-0.2, 0) is 16.1 Å². The van der Waals surface area contributed by atoms with Gasteiger partial charge in [0, 0.05) is 17.9 Å². The summed E-state index contributed by atoms with van der Waals surface area (Å²) in [6.07, 6.45) is 0. The Morgan fingerprint density at radius 2 is 2.12 bits per heavy atom. The van der Waals surface area contributed by atoms with E-state index in [2.05, 4.69) is 0 Å². The molecule has 0 aliphatic rings. The van der Waals surface area contributed by atoms with Crippen LogP contribution in [0.1, 0.15) is 27.7 Å². The molecule has 0 saturated carbocycles. The lowest BCUT2D eigenvalue weighted by atomic mass is 10.1. The van der Waals surface area contributed by atoms with Crippen LogP contribution in [0.15, 0.2) is 5.38 Å². The summed E-state index contributed by atoms with van der Waals surface area (Å²) in [6.45, 7) is 1.15. The number of nitrogens with one attached hydrogen (secondary N) is 1. The van der Waals surface area contributed by atoms with Gasteiger partial charge in [-0.1, -0.05) is 0 Å². The molecule has 0 aliphatic carbocycles. The van der Waals surface area contributed by atoms with E-state index < -0.39 is 11.9 Å². The zero-order chi connectivity index (χ0) is 12.3. The Bertz CT molecular complexity index is 421. The van der Waals surface area contributed by atoms with Gasteiger partial charge >= 0.3 is 5.97 Å². The second kappa shape index (κ2) is 4.75. The fourth-order valence-corrected chi connectivity index (χ4v) is 2.06. The number of amidine groups is 1. The van der Waals surface area contributed by atoms with Gasteiger partial charge in [0.1, 0.15) is 12.4 Å². The van der Waals surface area contributed by atoms with E-state index >= 15 is 0 Å². The fraction of sp³-hybridized carbons (Fsp3) is 0.222. The van der Waals surface area contributed by atoms with E-state index in [9.17, 15) is 9.59 Å². The minimum Gasteiger partial charge on any atom is -0.461 e. The molecule has 0 aromatic carbocycles. The van der Waals surface area contributed by atoms with Gasteiger partial charge in [0.15, 0.2) is 0 Å². The number of nitrogens with two attached hydrogens (primary N) is 2. The number of esters is 1. The van der Waals surface area contributed by atoms with Gasteiger partial charge < -0.3 is 16.2 Å². The number of hydrogen-bond acceptors (Lipinski definition) is 5. The molecule has 5 N–H and O–H groups in total. The zero-order valence-electron chi connectivity index (χ0n) is 8.57. The van der Waals surface area contributed by atoms with Crippen LogP contribution >= 0.6 is 11.3 Å². The molecule has 16 heavy (non-hydrogen) atoms. The van der Waals surface area contributed by atoms with Gasteiger partial charge in [-0.2, -0.15) is 0 Å². The second-order valence-corrected chi connectivity index (χ2v) is 3.89. The number of nitrogen functional groups attached to an aromatic ring is 1. The van der Waals surface area contributed by atoms with Crippen LogP contribution in [0.25, 0.3) is 0 Å². The molecular weight excluding hydrogens is 230 g/mol. The van der Waals surface area contributed by atoms with Crippen LogP contribution < -0.4 is 11.5 Å². The lowest BCUT2D eigenvalue weighted by molar-refractivity contribution is -0.142. The van der Waals surface area contributed by atoms with Gasteiger partial charge in [-0.3, -0.25) is 15.0 Å². The van der Waals surface area contributed by atoms with E-state index in [-0.39, 0.29) is 18.0 Å². The Morgan fingerprint density at radius 1 is 1.50 bits per heavy atom. The van der Waals surface area contributed by atoms with Crippen LogP contribution in [0.5, 0.6) is 0 Å². The maximum Gasteiger partial charge on any atom is 0.302 e. The summed E-state index contributed by atoms with van der Waals surface area (Å²) in [4.78, 5) is 22.2. The molecular formula is C9H11N3O3S. The van der Waals surface area contributed by atoms with Crippen molar-refractivity contribution in [2.75, 3.05) is 0 Å². The molecule has 0 aliphatic heterocycles. The molecule has 0 unspecified atom stereocenters. The highest BCUT2D eigenvalue weighted by Crippen LogP contribution is 2.23. The highest BCUT2D eigenvalue weighted by atomic mass is 32.1. The van der Waals surface area contributed by atoms with Gasteiger partial charge in [0.2, 0.25) is 5.91 Å². The van der Waals surface area contributed by atoms with Crippen LogP contribution in [0.3, 0.4) is 0 Å². The fourth-order valence-electron chi connectivity index (χ4n) is 1.13. The average molecular weight is 241 g/mol. The van der Waals surface area contributed by atoms with Gasteiger partial charge in [-0.15, -0.1) is 11.3 Å². The lowest BCUT2D eigenvalue weighted by Crippen LogP contribution is -2.17. The minimum absolute atomic E-state index is 0.105. The van der Waals surface area contributed by atoms with Crippen molar-refractivity contribution in [2.24, 2.45) is 11.5 Å². The van der Waals surface area contributed by atoms with Gasteiger partial charge in [-0.25, -0.2) is 0 Å². The van der Waals surface area contributed by atoms with Crippen molar-refractivity contribution in [1.82, 2.24) is 0 Å². The molecule has 1 aromatic rings. The number of carbonyl (C=O) groups excluding carboxylic acids is 2. The Kier molecular flexibility index (Phi) is 3.62. The smallest absolute Gasteiger partial charge is 0.302 e. The third-order valence-electron chi connectivity index (χ3n) is 1.82. The molecule has 0 bridgehead atoms. The van der Waals surface area contributed by atoms with Crippen molar-refractivity contribution in [1.29, 1.82) is 5.41 Å². The third-order valence-corrected chi connectivity index (χ3v) is 2.88. The minimum atomic E-state index is -0.633. The maximum atomic E-state index is 11.1. The van der Waals surface area contributed by atoms with Gasteiger partial charge in [-0.05, 0) is 0 Å². The van der Waals surface area contributed by atoms with E-state index in [1.807, 2.05) is 0 Å². The number of primary amides is 1. The van der Waals surface area contributed by atoms with Gasteiger partial charge in [0.25, 0.3) is 0 Å². The first-order chi connectivity index (χ1) is 7.43. The summed E-state index contributed by atoms with van der Waals surface area (Å²) >= 11 is 1.12. The van der Waals surface area contributed by atoms with E-state index in [4.69, 9.17) is 21.6 Å². The molecule has 1 aromatic heterocycles. The SMILES string of the molecule is CC(=O)OCc1c(C(N)=O)csc1C(=N)N. The van der Waals surface area contributed by atoms with Crippen molar-refractivity contribution in [3.63, 3.8) is 0 Å². The normalized spacial score (nSPS) is 9.81. The highest BCUT2D eigenvalue weighted by molar-refractivity contribution is 7.12. The van der Waals surface area contributed by atoms with Crippen LogP contribution in [0, 0.1) is 5.41 Å². The molecule has 0 saturated heterocycles. The van der Waals surface area contributed by atoms with E-state index in [0.717, 1.165) is 11.3 Å². The van der Waals surface area contributed by atoms with E-state index in [1.54, 1.807) is 0 Å². The molecule has 0 spiro atoms. The number of carbonyl (C=O) groups is 2. The number of amides is 1. The monoisotopic (exact) mass is 241 g/mol. The van der Waals surface area contributed by atoms with Crippen LogP contribution in [0.2, 0.25) is 0 Å². The van der Waals surface area contributed by atoms with Crippen molar-refractivity contribution >= 4 is 29.0 Å². The van der Waals surface area contributed by atoms with Crippen LogP contribution in [-0.4, -0.2) is 17.7 Å². The van der Waals surface area contributed by atoms with Crippen molar-refractivity contribution < 1.29 is 14.3 Å². The predicted molar refractivity (Wildman–Crippen MR) is 59.3 cm³/mol. The molecule has 6 nitrogen and oxygen atoms in total. The number of rotatable bonds is 4. The molecule has 0 atom stereocenters. The molecule has 1 heterocycles. The summed E-state index contributed by atoms with van der Waals surface area (Å²) < 4.78 is 4.78. The molecule has 7 heteroatoms.